The number of nitrogens with zero attached hydrogens (tertiary/aromatic N) is 1. The summed E-state index contributed by atoms with van der Waals surface area (Å²) in [5.41, 5.74) is 7.49. The van der Waals surface area contributed by atoms with Crippen molar-refractivity contribution in [2.45, 2.75) is 13.0 Å². The van der Waals surface area contributed by atoms with Crippen LogP contribution in [0.5, 0.6) is 0 Å². The summed E-state index contributed by atoms with van der Waals surface area (Å²) in [7, 11) is 3.93. The van der Waals surface area contributed by atoms with E-state index in [0.717, 1.165) is 11.4 Å². The van der Waals surface area contributed by atoms with Crippen LogP contribution in [0.4, 0.5) is 11.4 Å². The topological polar surface area (TPSA) is 71.5 Å². The minimum Gasteiger partial charge on any atom is -0.454 e. The summed E-state index contributed by atoms with van der Waals surface area (Å²) < 4.78 is 5.40. The smallest absolute Gasteiger partial charge is 0.291 e. The van der Waals surface area contributed by atoms with E-state index in [9.17, 15) is 4.79 Å². The molecule has 1 heterocycles. The maximum atomic E-state index is 12.0. The molecule has 5 nitrogen and oxygen atoms in total. The lowest BCUT2D eigenvalue weighted by Gasteiger charge is -2.12. The van der Waals surface area contributed by atoms with E-state index in [1.165, 1.54) is 0 Å². The van der Waals surface area contributed by atoms with E-state index < -0.39 is 0 Å². The Morgan fingerprint density at radius 3 is 2.35 bits per heavy atom. The van der Waals surface area contributed by atoms with Crippen LogP contribution in [0.1, 0.15) is 29.3 Å². The van der Waals surface area contributed by atoms with Crippen molar-refractivity contribution in [2.24, 2.45) is 5.73 Å². The van der Waals surface area contributed by atoms with Gasteiger partial charge in [0.25, 0.3) is 5.91 Å². The van der Waals surface area contributed by atoms with E-state index in [1.807, 2.05) is 43.3 Å². The van der Waals surface area contributed by atoms with Gasteiger partial charge in [-0.2, -0.15) is 0 Å². The van der Waals surface area contributed by atoms with Gasteiger partial charge >= 0.3 is 0 Å². The van der Waals surface area contributed by atoms with E-state index in [4.69, 9.17) is 10.2 Å². The summed E-state index contributed by atoms with van der Waals surface area (Å²) in [6, 6.07) is 10.7. The van der Waals surface area contributed by atoms with Crippen LogP contribution in [-0.4, -0.2) is 20.0 Å². The second-order valence-electron chi connectivity index (χ2n) is 4.89. The van der Waals surface area contributed by atoms with Crippen LogP contribution < -0.4 is 16.0 Å². The molecule has 0 saturated heterocycles. The predicted molar refractivity (Wildman–Crippen MR) is 80.0 cm³/mol. The molecule has 0 bridgehead atoms. The Hall–Kier alpha value is -2.27. The van der Waals surface area contributed by atoms with Crippen molar-refractivity contribution in [3.63, 3.8) is 0 Å². The number of hydrogen-bond donors (Lipinski definition) is 2. The fourth-order valence-corrected chi connectivity index (χ4v) is 1.76. The number of anilines is 2. The number of benzene rings is 1. The zero-order chi connectivity index (χ0) is 14.7. The summed E-state index contributed by atoms with van der Waals surface area (Å²) in [6.07, 6.45) is 0. The Labute approximate surface area is 118 Å². The van der Waals surface area contributed by atoms with Gasteiger partial charge in [0, 0.05) is 25.5 Å². The van der Waals surface area contributed by atoms with Crippen molar-refractivity contribution in [3.05, 3.63) is 47.9 Å². The lowest BCUT2D eigenvalue weighted by atomic mass is 10.2. The molecule has 1 atom stereocenters. The molecule has 0 aliphatic rings. The van der Waals surface area contributed by atoms with Gasteiger partial charge in [0.05, 0.1) is 6.04 Å². The van der Waals surface area contributed by atoms with E-state index in [2.05, 4.69) is 5.32 Å². The van der Waals surface area contributed by atoms with Crippen molar-refractivity contribution in [3.8, 4) is 0 Å². The molecule has 3 N–H and O–H groups in total. The molecule has 2 aromatic rings. The Morgan fingerprint density at radius 1 is 1.20 bits per heavy atom. The van der Waals surface area contributed by atoms with Gasteiger partial charge in [-0.05, 0) is 43.3 Å². The van der Waals surface area contributed by atoms with E-state index in [1.54, 1.807) is 19.1 Å². The summed E-state index contributed by atoms with van der Waals surface area (Å²) in [4.78, 5) is 14.0. The summed E-state index contributed by atoms with van der Waals surface area (Å²) >= 11 is 0. The van der Waals surface area contributed by atoms with Gasteiger partial charge in [-0.1, -0.05) is 0 Å². The summed E-state index contributed by atoms with van der Waals surface area (Å²) in [5.74, 6) is 0.571. The van der Waals surface area contributed by atoms with Crippen molar-refractivity contribution in [1.29, 1.82) is 0 Å². The monoisotopic (exact) mass is 273 g/mol. The third-order valence-corrected chi connectivity index (χ3v) is 2.94. The van der Waals surface area contributed by atoms with Gasteiger partial charge in [0.2, 0.25) is 0 Å². The molecule has 1 amide bonds. The van der Waals surface area contributed by atoms with Crippen molar-refractivity contribution < 1.29 is 9.21 Å². The molecule has 0 aliphatic heterocycles. The zero-order valence-corrected chi connectivity index (χ0v) is 11.9. The van der Waals surface area contributed by atoms with Crippen LogP contribution in [0.15, 0.2) is 40.8 Å². The van der Waals surface area contributed by atoms with Gasteiger partial charge in [-0.3, -0.25) is 4.79 Å². The fourth-order valence-electron chi connectivity index (χ4n) is 1.76. The maximum absolute atomic E-state index is 12.0. The highest BCUT2D eigenvalue weighted by atomic mass is 16.4. The molecule has 0 aliphatic carbocycles. The van der Waals surface area contributed by atoms with Crippen molar-refractivity contribution in [2.75, 3.05) is 24.3 Å². The standard InChI is InChI=1S/C15H19N3O2/c1-10(16)13-8-9-14(20-13)15(19)17-11-4-6-12(7-5-11)18(2)3/h4-10H,16H2,1-3H3,(H,17,19). The number of amides is 1. The first-order valence-corrected chi connectivity index (χ1v) is 6.41. The van der Waals surface area contributed by atoms with Crippen LogP contribution in [0.2, 0.25) is 0 Å². The van der Waals surface area contributed by atoms with E-state index in [-0.39, 0.29) is 17.7 Å². The van der Waals surface area contributed by atoms with Crippen molar-refractivity contribution >= 4 is 17.3 Å². The van der Waals surface area contributed by atoms with E-state index in [0.29, 0.717) is 5.76 Å². The minimum atomic E-state index is -0.283. The number of furan rings is 1. The molecular formula is C15H19N3O2. The summed E-state index contributed by atoms with van der Waals surface area (Å²) in [5, 5.41) is 2.78. The first kappa shape index (κ1) is 14.1. The molecular weight excluding hydrogens is 254 g/mol. The molecule has 0 saturated carbocycles. The number of nitrogens with one attached hydrogen (secondary N) is 1. The molecule has 1 aromatic heterocycles. The van der Waals surface area contributed by atoms with Crippen LogP contribution >= 0.6 is 0 Å². The molecule has 1 aromatic carbocycles. The largest absolute Gasteiger partial charge is 0.454 e. The molecule has 0 radical (unpaired) electrons. The van der Waals surface area contributed by atoms with E-state index >= 15 is 0 Å². The van der Waals surface area contributed by atoms with Gasteiger partial charge in [-0.25, -0.2) is 0 Å². The second kappa shape index (κ2) is 5.79. The molecule has 2 rings (SSSR count). The highest BCUT2D eigenvalue weighted by Gasteiger charge is 2.13. The molecule has 0 fully saturated rings. The molecule has 106 valence electrons. The van der Waals surface area contributed by atoms with Gasteiger partial charge in [-0.15, -0.1) is 0 Å². The molecule has 1 unspecified atom stereocenters. The Morgan fingerprint density at radius 2 is 1.85 bits per heavy atom. The minimum absolute atomic E-state index is 0.226. The van der Waals surface area contributed by atoms with Crippen LogP contribution in [0, 0.1) is 0 Å². The van der Waals surface area contributed by atoms with Crippen LogP contribution in [0.25, 0.3) is 0 Å². The highest BCUT2D eigenvalue weighted by Crippen LogP contribution is 2.18. The number of nitrogens with two attached hydrogens (primary N) is 1. The van der Waals surface area contributed by atoms with Crippen LogP contribution in [-0.2, 0) is 0 Å². The maximum Gasteiger partial charge on any atom is 0.291 e. The van der Waals surface area contributed by atoms with Gasteiger partial charge in [0.1, 0.15) is 5.76 Å². The zero-order valence-electron chi connectivity index (χ0n) is 11.9. The Balaban J connectivity index is 2.06. The number of carbonyl (C=O) groups excluding carboxylic acids is 1. The van der Waals surface area contributed by atoms with Crippen LogP contribution in [0.3, 0.4) is 0 Å². The number of hydrogen-bond acceptors (Lipinski definition) is 4. The fraction of sp³-hybridized carbons (Fsp3) is 0.267. The third kappa shape index (κ3) is 3.19. The Kier molecular flexibility index (Phi) is 4.10. The van der Waals surface area contributed by atoms with Gasteiger partial charge in [0.15, 0.2) is 5.76 Å². The Bertz CT molecular complexity index is 585. The second-order valence-corrected chi connectivity index (χ2v) is 4.89. The highest BCUT2D eigenvalue weighted by molar-refractivity contribution is 6.02. The average Bonchev–Trinajstić information content (AvgIpc) is 2.89. The lowest BCUT2D eigenvalue weighted by Crippen LogP contribution is -2.12. The SMILES string of the molecule is CC(N)c1ccc(C(=O)Nc2ccc(N(C)C)cc2)o1. The summed E-state index contributed by atoms with van der Waals surface area (Å²) in [6.45, 7) is 1.81. The quantitative estimate of drug-likeness (QED) is 0.898. The predicted octanol–water partition coefficient (Wildman–Crippen LogP) is 2.62. The lowest BCUT2D eigenvalue weighted by molar-refractivity contribution is 0.0994. The average molecular weight is 273 g/mol. The first-order chi connectivity index (χ1) is 9.47. The number of carbonyl (C=O) groups is 1. The molecule has 0 spiro atoms. The third-order valence-electron chi connectivity index (χ3n) is 2.94. The number of rotatable bonds is 4. The molecule has 5 heteroatoms. The van der Waals surface area contributed by atoms with Gasteiger partial charge < -0.3 is 20.4 Å². The van der Waals surface area contributed by atoms with Crippen molar-refractivity contribution in [1.82, 2.24) is 0 Å². The normalized spacial score (nSPS) is 12.0. The molecule has 20 heavy (non-hydrogen) atoms. The first-order valence-electron chi connectivity index (χ1n) is 6.41.